The molecule has 2 aromatic carbocycles. The number of rotatable bonds is 5. The lowest BCUT2D eigenvalue weighted by Crippen LogP contribution is -2.27. The van der Waals surface area contributed by atoms with Crippen LogP contribution in [0.5, 0.6) is 11.5 Å². The topological polar surface area (TPSA) is 63.3 Å². The quantitative estimate of drug-likeness (QED) is 0.609. The lowest BCUT2D eigenvalue weighted by Gasteiger charge is -2.18. The zero-order valence-corrected chi connectivity index (χ0v) is 17.7. The molecule has 0 atom stereocenters. The summed E-state index contributed by atoms with van der Waals surface area (Å²) in [5.74, 6) is 1.34. The van der Waals surface area contributed by atoms with Crippen LogP contribution in [-0.2, 0) is 15.6 Å². The summed E-state index contributed by atoms with van der Waals surface area (Å²) in [7, 11) is 3.22. The Morgan fingerprint density at radius 3 is 2.38 bits per heavy atom. The molecule has 154 valence electrons. The number of hydrogen-bond donors (Lipinski definition) is 2. The van der Waals surface area contributed by atoms with E-state index in [0.29, 0.717) is 11.5 Å². The molecule has 4 rings (SSSR count). The van der Waals surface area contributed by atoms with Crippen LogP contribution in [0.4, 0.5) is 5.69 Å². The van der Waals surface area contributed by atoms with E-state index in [4.69, 9.17) is 9.47 Å². The van der Waals surface area contributed by atoms with E-state index in [1.807, 2.05) is 36.4 Å². The Balaban J connectivity index is 0.00000256. The molecule has 1 aliphatic carbocycles. The van der Waals surface area contributed by atoms with E-state index in [9.17, 15) is 4.79 Å². The van der Waals surface area contributed by atoms with Crippen molar-refractivity contribution in [2.24, 2.45) is 0 Å². The number of ether oxygens (including phenoxy) is 2. The Morgan fingerprint density at radius 2 is 1.76 bits per heavy atom. The number of carbonyl (C=O) groups is 1. The summed E-state index contributed by atoms with van der Waals surface area (Å²) in [5.41, 5.74) is 3.59. The summed E-state index contributed by atoms with van der Waals surface area (Å²) in [4.78, 5) is 16.6. The molecule has 1 saturated carbocycles. The minimum Gasteiger partial charge on any atom is -0.493 e. The van der Waals surface area contributed by atoms with Crippen LogP contribution < -0.4 is 14.8 Å². The van der Waals surface area contributed by atoms with Gasteiger partial charge in [0.25, 0.3) is 0 Å². The molecular weight excluding hydrogens is 364 g/mol. The highest BCUT2D eigenvalue weighted by molar-refractivity contribution is 6.02. The van der Waals surface area contributed by atoms with Crippen molar-refractivity contribution in [1.82, 2.24) is 4.98 Å². The Hall–Kier alpha value is -2.95. The number of fused-ring (bicyclic) bond motifs is 1. The summed E-state index contributed by atoms with van der Waals surface area (Å²) in [6.45, 7) is 6.54. The number of nitrogens with one attached hydrogen (secondary N) is 2. The fourth-order valence-corrected chi connectivity index (χ4v) is 3.77. The van der Waals surface area contributed by atoms with Crippen LogP contribution in [0.25, 0.3) is 10.9 Å². The van der Waals surface area contributed by atoms with Crippen LogP contribution in [-0.4, -0.2) is 25.1 Å². The third-order valence-electron chi connectivity index (χ3n) is 5.81. The zero-order valence-electron chi connectivity index (χ0n) is 17.7. The highest BCUT2D eigenvalue weighted by Crippen LogP contribution is 2.50. The van der Waals surface area contributed by atoms with E-state index in [1.54, 1.807) is 14.2 Å². The average Bonchev–Trinajstić information content (AvgIpc) is 3.39. The molecule has 1 fully saturated rings. The molecule has 1 aromatic heterocycles. The summed E-state index contributed by atoms with van der Waals surface area (Å²) < 4.78 is 10.7. The van der Waals surface area contributed by atoms with Gasteiger partial charge in [-0.3, -0.25) is 4.79 Å². The predicted molar refractivity (Wildman–Crippen MR) is 118 cm³/mol. The molecule has 1 aliphatic rings. The number of aromatic nitrogens is 1. The second-order valence-corrected chi connectivity index (χ2v) is 8.84. The van der Waals surface area contributed by atoms with Crippen molar-refractivity contribution in [3.63, 3.8) is 0 Å². The van der Waals surface area contributed by atoms with Gasteiger partial charge in [-0.2, -0.15) is 0 Å². The van der Waals surface area contributed by atoms with Gasteiger partial charge >= 0.3 is 0 Å². The zero-order chi connectivity index (χ0) is 20.8. The fraction of sp³-hybridized carbons (Fsp3) is 0.375. The van der Waals surface area contributed by atoms with Crippen LogP contribution in [0.2, 0.25) is 0 Å². The molecule has 2 N–H and O–H groups in total. The van der Waals surface area contributed by atoms with Gasteiger partial charge in [0.1, 0.15) is 0 Å². The molecule has 0 saturated heterocycles. The van der Waals surface area contributed by atoms with Gasteiger partial charge in [-0.1, -0.05) is 26.8 Å². The van der Waals surface area contributed by atoms with Gasteiger partial charge in [-0.25, -0.2) is 0 Å². The molecular formula is C24H30N2O3. The third-order valence-corrected chi connectivity index (χ3v) is 5.81. The van der Waals surface area contributed by atoms with Gasteiger partial charge in [0, 0.05) is 29.1 Å². The summed E-state index contributed by atoms with van der Waals surface area (Å²) in [5, 5.41) is 4.23. The molecule has 5 nitrogen and oxygen atoms in total. The number of benzene rings is 2. The summed E-state index contributed by atoms with van der Waals surface area (Å²) in [6, 6.07) is 13.9. The molecule has 0 aliphatic heterocycles. The number of methoxy groups -OCH3 is 2. The fourth-order valence-electron chi connectivity index (χ4n) is 3.77. The Kier molecular flexibility index (Phi) is 4.56. The van der Waals surface area contributed by atoms with Gasteiger partial charge in [0.15, 0.2) is 11.5 Å². The molecule has 1 heterocycles. The molecule has 29 heavy (non-hydrogen) atoms. The van der Waals surface area contributed by atoms with Crippen molar-refractivity contribution in [3.8, 4) is 11.5 Å². The van der Waals surface area contributed by atoms with Crippen molar-refractivity contribution in [3.05, 3.63) is 53.7 Å². The summed E-state index contributed by atoms with van der Waals surface area (Å²) >= 11 is 0. The van der Waals surface area contributed by atoms with Crippen LogP contribution >= 0.6 is 0 Å². The number of carbonyl (C=O) groups excluding carboxylic acids is 1. The van der Waals surface area contributed by atoms with Crippen molar-refractivity contribution in [2.75, 3.05) is 19.5 Å². The summed E-state index contributed by atoms with van der Waals surface area (Å²) in [6.07, 6.45) is 1.66. The van der Waals surface area contributed by atoms with Crippen molar-refractivity contribution >= 4 is 22.5 Å². The number of aromatic amines is 1. The van der Waals surface area contributed by atoms with E-state index in [-0.39, 0.29) is 12.7 Å². The largest absolute Gasteiger partial charge is 0.493 e. The van der Waals surface area contributed by atoms with Gasteiger partial charge in [-0.05, 0) is 54.8 Å². The van der Waals surface area contributed by atoms with Crippen LogP contribution in [0.1, 0.15) is 46.3 Å². The van der Waals surface area contributed by atoms with Crippen LogP contribution in [0.3, 0.4) is 0 Å². The van der Waals surface area contributed by atoms with E-state index in [1.165, 1.54) is 5.69 Å². The highest BCUT2D eigenvalue weighted by atomic mass is 16.5. The Bertz CT molecular complexity index is 1080. The molecule has 0 spiro atoms. The first-order valence-corrected chi connectivity index (χ1v) is 9.94. The Labute approximate surface area is 172 Å². The highest BCUT2D eigenvalue weighted by Gasteiger charge is 2.51. The average molecular weight is 395 g/mol. The van der Waals surface area contributed by atoms with Crippen molar-refractivity contribution in [1.29, 1.82) is 0 Å². The number of amides is 1. The third kappa shape index (κ3) is 3.46. The van der Waals surface area contributed by atoms with Crippen LogP contribution in [0, 0.1) is 0 Å². The van der Waals surface area contributed by atoms with E-state index < -0.39 is 5.41 Å². The standard InChI is InChI=1S/C24H28N2O3.H2/c1-23(2,3)21-13-15-12-17(7-8-18(15)26-21)25-22(27)24(10-11-24)16-6-9-19(28-4)20(14-16)29-5;/h6-9,12-14,26H,10-11H2,1-5H3,(H,25,27);1H. The van der Waals surface area contributed by atoms with E-state index in [2.05, 4.69) is 37.1 Å². The number of anilines is 1. The number of H-pyrrole nitrogens is 1. The molecule has 0 unspecified atom stereocenters. The molecule has 5 heteroatoms. The van der Waals surface area contributed by atoms with E-state index >= 15 is 0 Å². The second kappa shape index (κ2) is 6.83. The predicted octanol–water partition coefficient (Wildman–Crippen LogP) is 5.40. The maximum atomic E-state index is 13.2. The first kappa shape index (κ1) is 19.4. The molecule has 0 bridgehead atoms. The second-order valence-electron chi connectivity index (χ2n) is 8.84. The van der Waals surface area contributed by atoms with Gasteiger partial charge in [-0.15, -0.1) is 0 Å². The van der Waals surface area contributed by atoms with Crippen molar-refractivity contribution in [2.45, 2.75) is 44.4 Å². The normalized spacial score (nSPS) is 15.2. The molecule has 1 amide bonds. The lowest BCUT2D eigenvalue weighted by molar-refractivity contribution is -0.118. The first-order valence-electron chi connectivity index (χ1n) is 9.94. The SMILES string of the molecule is COc1ccc(C2(C(=O)Nc3ccc4[nH]c(C(C)(C)C)cc4c3)CC2)cc1OC.[HH]. The van der Waals surface area contributed by atoms with Gasteiger partial charge in [0.05, 0.1) is 19.6 Å². The minimum atomic E-state index is -0.497. The molecule has 3 aromatic rings. The van der Waals surface area contributed by atoms with Gasteiger partial charge in [0.2, 0.25) is 5.91 Å². The maximum Gasteiger partial charge on any atom is 0.235 e. The maximum absolute atomic E-state index is 13.2. The lowest BCUT2D eigenvalue weighted by atomic mass is 9.92. The van der Waals surface area contributed by atoms with Gasteiger partial charge < -0.3 is 19.8 Å². The Morgan fingerprint density at radius 1 is 1.03 bits per heavy atom. The first-order chi connectivity index (χ1) is 13.8. The van der Waals surface area contributed by atoms with Crippen molar-refractivity contribution < 1.29 is 15.7 Å². The number of hydrogen-bond acceptors (Lipinski definition) is 3. The smallest absolute Gasteiger partial charge is 0.235 e. The monoisotopic (exact) mass is 394 g/mol. The van der Waals surface area contributed by atoms with Crippen LogP contribution in [0.15, 0.2) is 42.5 Å². The molecule has 0 radical (unpaired) electrons. The van der Waals surface area contributed by atoms with E-state index in [0.717, 1.165) is 35.0 Å². The minimum absolute atomic E-state index is 0.